The summed E-state index contributed by atoms with van der Waals surface area (Å²) in [6, 6.07) is 1.96. The van der Waals surface area contributed by atoms with Gasteiger partial charge < -0.3 is 10.2 Å². The van der Waals surface area contributed by atoms with E-state index in [0.717, 1.165) is 38.8 Å². The Labute approximate surface area is 109 Å². The topological polar surface area (TPSA) is 56.1 Å². The van der Waals surface area contributed by atoms with Gasteiger partial charge in [0.2, 0.25) is 0 Å². The number of hydrogen-bond donors (Lipinski definition) is 1. The fraction of sp³-hybridized carbons (Fsp3) is 0.857. The zero-order valence-corrected chi connectivity index (χ0v) is 11.0. The van der Waals surface area contributed by atoms with Crippen LogP contribution in [0.4, 0.5) is 4.79 Å². The maximum absolute atomic E-state index is 12.1. The molecule has 2 amide bonds. The summed E-state index contributed by atoms with van der Waals surface area (Å²) in [6.07, 6.45) is 9.23. The average molecular weight is 249 g/mol. The summed E-state index contributed by atoms with van der Waals surface area (Å²) in [5.74, 6) is 0.359. The zero-order chi connectivity index (χ0) is 12.8. The molecule has 4 nitrogen and oxygen atoms in total. The SMILES string of the molecule is N#CC(NC(=O)N1CCCCC1)C1CCCCC1. The van der Waals surface area contributed by atoms with Crippen LogP contribution in [0.15, 0.2) is 0 Å². The second-order valence-corrected chi connectivity index (χ2v) is 5.50. The zero-order valence-electron chi connectivity index (χ0n) is 11.0. The van der Waals surface area contributed by atoms with Crippen molar-refractivity contribution >= 4 is 6.03 Å². The number of rotatable bonds is 2. The third kappa shape index (κ3) is 3.38. The monoisotopic (exact) mass is 249 g/mol. The normalized spacial score (nSPS) is 23.2. The van der Waals surface area contributed by atoms with E-state index in [0.29, 0.717) is 5.92 Å². The molecule has 1 aliphatic heterocycles. The minimum Gasteiger partial charge on any atom is -0.325 e. The number of likely N-dealkylation sites (tertiary alicyclic amines) is 1. The Morgan fingerprint density at radius 2 is 1.72 bits per heavy atom. The summed E-state index contributed by atoms with van der Waals surface area (Å²) in [6.45, 7) is 1.68. The van der Waals surface area contributed by atoms with Gasteiger partial charge in [-0.15, -0.1) is 0 Å². The highest BCUT2D eigenvalue weighted by Crippen LogP contribution is 2.26. The van der Waals surface area contributed by atoms with E-state index in [-0.39, 0.29) is 12.1 Å². The van der Waals surface area contributed by atoms with Crippen LogP contribution < -0.4 is 5.32 Å². The molecule has 1 saturated heterocycles. The van der Waals surface area contributed by atoms with Gasteiger partial charge in [-0.05, 0) is 38.0 Å². The van der Waals surface area contributed by atoms with Crippen molar-refractivity contribution < 1.29 is 4.79 Å². The van der Waals surface area contributed by atoms with E-state index in [4.69, 9.17) is 0 Å². The van der Waals surface area contributed by atoms with Gasteiger partial charge in [0.05, 0.1) is 6.07 Å². The van der Waals surface area contributed by atoms with Crippen molar-refractivity contribution in [1.82, 2.24) is 10.2 Å². The van der Waals surface area contributed by atoms with Gasteiger partial charge in [-0.1, -0.05) is 19.3 Å². The van der Waals surface area contributed by atoms with Crippen LogP contribution in [0.2, 0.25) is 0 Å². The van der Waals surface area contributed by atoms with Crippen molar-refractivity contribution in [2.24, 2.45) is 5.92 Å². The molecule has 2 fully saturated rings. The number of hydrogen-bond acceptors (Lipinski definition) is 2. The van der Waals surface area contributed by atoms with E-state index in [9.17, 15) is 10.1 Å². The summed E-state index contributed by atoms with van der Waals surface area (Å²) in [5, 5.41) is 12.2. The molecular formula is C14H23N3O. The molecule has 100 valence electrons. The summed E-state index contributed by atoms with van der Waals surface area (Å²) < 4.78 is 0. The third-order valence-corrected chi connectivity index (χ3v) is 4.18. The molecule has 1 heterocycles. The molecule has 1 unspecified atom stereocenters. The Morgan fingerprint density at radius 3 is 2.33 bits per heavy atom. The lowest BCUT2D eigenvalue weighted by molar-refractivity contribution is 0.178. The van der Waals surface area contributed by atoms with E-state index < -0.39 is 0 Å². The lowest BCUT2D eigenvalue weighted by atomic mass is 9.84. The number of carbonyl (C=O) groups is 1. The first-order chi connectivity index (χ1) is 8.81. The van der Waals surface area contributed by atoms with Crippen LogP contribution >= 0.6 is 0 Å². The van der Waals surface area contributed by atoms with E-state index in [2.05, 4.69) is 11.4 Å². The van der Waals surface area contributed by atoms with Gasteiger partial charge in [-0.2, -0.15) is 5.26 Å². The molecule has 0 aromatic carbocycles. The van der Waals surface area contributed by atoms with Crippen LogP contribution in [0, 0.1) is 17.2 Å². The molecule has 0 spiro atoms. The number of carbonyl (C=O) groups excluding carboxylic acids is 1. The fourth-order valence-corrected chi connectivity index (χ4v) is 3.04. The van der Waals surface area contributed by atoms with Crippen molar-refractivity contribution in [3.8, 4) is 6.07 Å². The van der Waals surface area contributed by atoms with Gasteiger partial charge in [-0.25, -0.2) is 4.79 Å². The molecule has 18 heavy (non-hydrogen) atoms. The fourth-order valence-electron chi connectivity index (χ4n) is 3.04. The Morgan fingerprint density at radius 1 is 1.11 bits per heavy atom. The van der Waals surface area contributed by atoms with E-state index >= 15 is 0 Å². The van der Waals surface area contributed by atoms with Crippen LogP contribution in [-0.2, 0) is 0 Å². The maximum atomic E-state index is 12.1. The smallest absolute Gasteiger partial charge is 0.318 e. The quantitative estimate of drug-likeness (QED) is 0.818. The van der Waals surface area contributed by atoms with Gasteiger partial charge in [0.15, 0.2) is 0 Å². The lowest BCUT2D eigenvalue weighted by Crippen LogP contribution is -2.48. The first-order valence-corrected chi connectivity index (χ1v) is 7.26. The molecule has 2 rings (SSSR count). The molecule has 0 bridgehead atoms. The first-order valence-electron chi connectivity index (χ1n) is 7.26. The van der Waals surface area contributed by atoms with Crippen molar-refractivity contribution in [2.75, 3.05) is 13.1 Å². The second-order valence-electron chi connectivity index (χ2n) is 5.50. The Hall–Kier alpha value is -1.24. The molecule has 0 aromatic heterocycles. The van der Waals surface area contributed by atoms with Gasteiger partial charge in [0, 0.05) is 13.1 Å². The predicted octanol–water partition coefficient (Wildman–Crippen LogP) is 2.65. The number of nitriles is 1. The number of urea groups is 1. The van der Waals surface area contributed by atoms with Crippen LogP contribution in [0.25, 0.3) is 0 Å². The molecule has 0 aromatic rings. The second kappa shape index (κ2) is 6.63. The molecular weight excluding hydrogens is 226 g/mol. The number of nitrogens with one attached hydrogen (secondary N) is 1. The van der Waals surface area contributed by atoms with Gasteiger partial charge in [-0.3, -0.25) is 0 Å². The van der Waals surface area contributed by atoms with Gasteiger partial charge in [0.25, 0.3) is 0 Å². The van der Waals surface area contributed by atoms with Crippen molar-refractivity contribution in [3.05, 3.63) is 0 Å². The van der Waals surface area contributed by atoms with Crippen LogP contribution in [-0.4, -0.2) is 30.1 Å². The van der Waals surface area contributed by atoms with E-state index in [1.54, 1.807) is 0 Å². The molecule has 1 aliphatic carbocycles. The minimum atomic E-state index is -0.292. The van der Waals surface area contributed by atoms with E-state index in [1.165, 1.54) is 25.7 Å². The average Bonchev–Trinajstić information content (AvgIpc) is 2.46. The molecule has 4 heteroatoms. The lowest BCUT2D eigenvalue weighted by Gasteiger charge is -2.31. The number of piperidine rings is 1. The van der Waals surface area contributed by atoms with Crippen LogP contribution in [0.1, 0.15) is 51.4 Å². The first kappa shape index (κ1) is 13.2. The Bertz CT molecular complexity index is 311. The molecule has 1 saturated carbocycles. The summed E-state index contributed by atoms with van der Waals surface area (Å²) >= 11 is 0. The number of nitrogens with zero attached hydrogens (tertiary/aromatic N) is 2. The minimum absolute atomic E-state index is 0.0353. The summed E-state index contributed by atoms with van der Waals surface area (Å²) in [4.78, 5) is 13.9. The molecule has 2 aliphatic rings. The molecule has 0 radical (unpaired) electrons. The highest BCUT2D eigenvalue weighted by molar-refractivity contribution is 5.75. The van der Waals surface area contributed by atoms with Crippen molar-refractivity contribution in [1.29, 1.82) is 5.26 Å². The standard InChI is InChI=1S/C14H23N3O/c15-11-13(12-7-3-1-4-8-12)16-14(18)17-9-5-2-6-10-17/h12-13H,1-10H2,(H,16,18). The number of amides is 2. The molecule has 1 atom stereocenters. The Kier molecular flexibility index (Phi) is 4.86. The van der Waals surface area contributed by atoms with Crippen LogP contribution in [0.5, 0.6) is 0 Å². The highest BCUT2D eigenvalue weighted by Gasteiger charge is 2.26. The van der Waals surface area contributed by atoms with Crippen molar-refractivity contribution in [3.63, 3.8) is 0 Å². The summed E-state index contributed by atoms with van der Waals surface area (Å²) in [5.41, 5.74) is 0. The van der Waals surface area contributed by atoms with Crippen molar-refractivity contribution in [2.45, 2.75) is 57.4 Å². The highest BCUT2D eigenvalue weighted by atomic mass is 16.2. The third-order valence-electron chi connectivity index (χ3n) is 4.18. The molecule has 1 N–H and O–H groups in total. The summed E-state index contributed by atoms with van der Waals surface area (Å²) in [7, 11) is 0. The largest absolute Gasteiger partial charge is 0.325 e. The van der Waals surface area contributed by atoms with Gasteiger partial charge >= 0.3 is 6.03 Å². The predicted molar refractivity (Wildman–Crippen MR) is 69.9 cm³/mol. The van der Waals surface area contributed by atoms with E-state index in [1.807, 2.05) is 4.90 Å². The van der Waals surface area contributed by atoms with Gasteiger partial charge in [0.1, 0.15) is 6.04 Å². The Balaban J connectivity index is 1.85. The maximum Gasteiger partial charge on any atom is 0.318 e. The van der Waals surface area contributed by atoms with Crippen LogP contribution in [0.3, 0.4) is 0 Å².